The number of urea groups is 1. The Hall–Kier alpha value is -2.03. The lowest BCUT2D eigenvalue weighted by Gasteiger charge is -2.40. The molecule has 0 aromatic carbocycles. The van der Waals surface area contributed by atoms with Gasteiger partial charge in [0, 0.05) is 50.5 Å². The fourth-order valence-corrected chi connectivity index (χ4v) is 5.28. The van der Waals surface area contributed by atoms with Crippen LogP contribution >= 0.6 is 0 Å². The van der Waals surface area contributed by atoms with Gasteiger partial charge in [-0.3, -0.25) is 4.90 Å². The second kappa shape index (κ2) is 7.66. The van der Waals surface area contributed by atoms with Crippen molar-refractivity contribution < 1.29 is 18.0 Å². The highest BCUT2D eigenvalue weighted by atomic mass is 19.4. The normalized spacial score (nSPS) is 27.0. The highest BCUT2D eigenvalue weighted by Gasteiger charge is 2.63. The third-order valence-electron chi connectivity index (χ3n) is 6.82. The molecule has 0 bridgehead atoms. The Morgan fingerprint density at radius 1 is 1.07 bits per heavy atom. The first kappa shape index (κ1) is 20.3. The molecule has 1 unspecified atom stereocenters. The van der Waals surface area contributed by atoms with Crippen LogP contribution in [0.25, 0.3) is 0 Å². The molecule has 3 heterocycles. The third kappa shape index (κ3) is 3.53. The maximum absolute atomic E-state index is 14.1. The van der Waals surface area contributed by atoms with Crippen molar-refractivity contribution in [3.8, 4) is 0 Å². The number of carbonyl (C=O) groups excluding carboxylic acids is 1. The van der Waals surface area contributed by atoms with Crippen molar-refractivity contribution in [3.63, 3.8) is 0 Å². The molecule has 2 amide bonds. The molecule has 3 aliphatic rings. The van der Waals surface area contributed by atoms with Gasteiger partial charge in [0.15, 0.2) is 5.54 Å². The summed E-state index contributed by atoms with van der Waals surface area (Å²) in [5.74, 6) is 0.681. The SMILES string of the molecule is NC(=O)N1CCCC1(c1ccc(N2CCN(C3CCCC3)CC2)nc1)C(F)(F)F. The van der Waals surface area contributed by atoms with Crippen LogP contribution in [0.1, 0.15) is 44.1 Å². The average molecular weight is 411 g/mol. The Bertz CT molecular complexity index is 727. The van der Waals surface area contributed by atoms with Crippen LogP contribution in [-0.4, -0.2) is 65.8 Å². The zero-order chi connectivity index (χ0) is 20.6. The molecule has 0 spiro atoms. The minimum atomic E-state index is -4.62. The number of amides is 2. The van der Waals surface area contributed by atoms with Crippen molar-refractivity contribution in [1.82, 2.24) is 14.8 Å². The van der Waals surface area contributed by atoms with Gasteiger partial charge in [-0.2, -0.15) is 13.2 Å². The standard InChI is InChI=1S/C20H28F3N5O/c21-20(22,23)19(8-3-9-28(19)18(24)29)15-6-7-17(25-14-15)27-12-10-26(11-13-27)16-4-1-2-5-16/h6-7,14,16H,1-5,8-13H2,(H2,24,29). The van der Waals surface area contributed by atoms with E-state index < -0.39 is 17.7 Å². The number of likely N-dealkylation sites (tertiary alicyclic amines) is 1. The highest BCUT2D eigenvalue weighted by Crippen LogP contribution is 2.50. The van der Waals surface area contributed by atoms with Gasteiger partial charge in [-0.15, -0.1) is 0 Å². The van der Waals surface area contributed by atoms with E-state index in [0.717, 1.165) is 31.1 Å². The van der Waals surface area contributed by atoms with Crippen molar-refractivity contribution in [3.05, 3.63) is 23.9 Å². The third-order valence-corrected chi connectivity index (χ3v) is 6.82. The molecular formula is C20H28F3N5O. The van der Waals surface area contributed by atoms with Crippen molar-refractivity contribution in [2.45, 2.75) is 56.3 Å². The Morgan fingerprint density at radius 2 is 1.76 bits per heavy atom. The maximum atomic E-state index is 14.1. The van der Waals surface area contributed by atoms with Gasteiger partial charge in [-0.25, -0.2) is 9.78 Å². The largest absolute Gasteiger partial charge is 0.416 e. The highest BCUT2D eigenvalue weighted by molar-refractivity contribution is 5.74. The number of rotatable bonds is 3. The molecule has 29 heavy (non-hydrogen) atoms. The van der Waals surface area contributed by atoms with Crippen molar-refractivity contribution in [2.75, 3.05) is 37.6 Å². The summed E-state index contributed by atoms with van der Waals surface area (Å²) in [5.41, 5.74) is 2.87. The predicted octanol–water partition coefficient (Wildman–Crippen LogP) is 3.08. The van der Waals surface area contributed by atoms with Gasteiger partial charge < -0.3 is 15.5 Å². The number of hydrogen-bond acceptors (Lipinski definition) is 4. The summed E-state index contributed by atoms with van der Waals surface area (Å²) in [7, 11) is 0. The molecule has 3 fully saturated rings. The smallest absolute Gasteiger partial charge is 0.354 e. The molecule has 2 aliphatic heterocycles. The number of alkyl halides is 3. The lowest BCUT2D eigenvalue weighted by atomic mass is 9.87. The number of nitrogens with zero attached hydrogens (tertiary/aromatic N) is 4. The summed E-state index contributed by atoms with van der Waals surface area (Å²) in [6, 6.07) is 2.74. The van der Waals surface area contributed by atoms with Gasteiger partial charge in [0.2, 0.25) is 0 Å². The molecule has 1 aromatic heterocycles. The van der Waals surface area contributed by atoms with Gasteiger partial charge in [-0.1, -0.05) is 18.9 Å². The minimum absolute atomic E-state index is 0.000277. The zero-order valence-electron chi connectivity index (χ0n) is 16.5. The van der Waals surface area contributed by atoms with Gasteiger partial charge in [0.25, 0.3) is 0 Å². The van der Waals surface area contributed by atoms with E-state index in [-0.39, 0.29) is 24.9 Å². The molecule has 9 heteroatoms. The number of halogens is 3. The number of piperazine rings is 1. The molecule has 160 valence electrons. The van der Waals surface area contributed by atoms with Crippen molar-refractivity contribution >= 4 is 11.8 Å². The fraction of sp³-hybridized carbons (Fsp3) is 0.700. The van der Waals surface area contributed by atoms with Crippen LogP contribution in [0, 0.1) is 0 Å². The number of pyridine rings is 1. The fourth-order valence-electron chi connectivity index (χ4n) is 5.28. The average Bonchev–Trinajstić information content (AvgIpc) is 3.38. The van der Waals surface area contributed by atoms with Gasteiger partial charge in [0.1, 0.15) is 5.82 Å². The number of primary amides is 1. The molecule has 1 atom stereocenters. The van der Waals surface area contributed by atoms with E-state index in [4.69, 9.17) is 5.73 Å². The Balaban J connectivity index is 1.50. The van der Waals surface area contributed by atoms with E-state index in [1.807, 2.05) is 0 Å². The molecule has 2 N–H and O–H groups in total. The molecule has 6 nitrogen and oxygen atoms in total. The monoisotopic (exact) mass is 411 g/mol. The minimum Gasteiger partial charge on any atom is -0.354 e. The lowest BCUT2D eigenvalue weighted by Crippen LogP contribution is -2.56. The van der Waals surface area contributed by atoms with E-state index >= 15 is 0 Å². The summed E-state index contributed by atoms with van der Waals surface area (Å²) in [5, 5.41) is 0. The Labute approximate surface area is 168 Å². The molecule has 1 aromatic rings. The van der Waals surface area contributed by atoms with Crippen LogP contribution in [0.3, 0.4) is 0 Å². The molecular weight excluding hydrogens is 383 g/mol. The quantitative estimate of drug-likeness (QED) is 0.830. The van der Waals surface area contributed by atoms with E-state index in [2.05, 4.69) is 14.8 Å². The molecule has 1 aliphatic carbocycles. The second-order valence-corrected chi connectivity index (χ2v) is 8.32. The first-order valence-electron chi connectivity index (χ1n) is 10.4. The van der Waals surface area contributed by atoms with E-state index in [1.54, 1.807) is 6.07 Å². The topological polar surface area (TPSA) is 65.7 Å². The number of hydrogen-bond donors (Lipinski definition) is 1. The van der Waals surface area contributed by atoms with Gasteiger partial charge in [-0.05, 0) is 31.7 Å². The Morgan fingerprint density at radius 3 is 2.31 bits per heavy atom. The summed E-state index contributed by atoms with van der Waals surface area (Å²) < 4.78 is 42.2. The summed E-state index contributed by atoms with van der Waals surface area (Å²) in [6.07, 6.45) is 1.86. The second-order valence-electron chi connectivity index (χ2n) is 8.32. The first-order valence-corrected chi connectivity index (χ1v) is 10.4. The molecule has 2 saturated heterocycles. The van der Waals surface area contributed by atoms with Crippen LogP contribution < -0.4 is 10.6 Å². The van der Waals surface area contributed by atoms with E-state index in [9.17, 15) is 18.0 Å². The van der Waals surface area contributed by atoms with Crippen LogP contribution in [0.2, 0.25) is 0 Å². The summed E-state index contributed by atoms with van der Waals surface area (Å²) in [6.45, 7) is 3.55. The van der Waals surface area contributed by atoms with Crippen molar-refractivity contribution in [2.24, 2.45) is 5.73 Å². The number of nitrogens with two attached hydrogens (primary N) is 1. The molecule has 1 saturated carbocycles. The van der Waals surface area contributed by atoms with Crippen LogP contribution in [0.15, 0.2) is 18.3 Å². The molecule has 4 rings (SSSR count). The lowest BCUT2D eigenvalue weighted by molar-refractivity contribution is -0.219. The van der Waals surface area contributed by atoms with Crippen LogP contribution in [0.5, 0.6) is 0 Å². The zero-order valence-corrected chi connectivity index (χ0v) is 16.5. The maximum Gasteiger partial charge on any atom is 0.416 e. The number of carbonyl (C=O) groups is 1. The number of aromatic nitrogens is 1. The molecule has 0 radical (unpaired) electrons. The van der Waals surface area contributed by atoms with Gasteiger partial charge >= 0.3 is 12.2 Å². The Kier molecular flexibility index (Phi) is 5.35. The summed E-state index contributed by atoms with van der Waals surface area (Å²) in [4.78, 5) is 21.4. The van der Waals surface area contributed by atoms with Crippen LogP contribution in [0.4, 0.5) is 23.8 Å². The van der Waals surface area contributed by atoms with E-state index in [0.29, 0.717) is 11.9 Å². The van der Waals surface area contributed by atoms with Crippen LogP contribution in [-0.2, 0) is 5.54 Å². The van der Waals surface area contributed by atoms with Gasteiger partial charge in [0.05, 0.1) is 0 Å². The van der Waals surface area contributed by atoms with Crippen molar-refractivity contribution in [1.29, 1.82) is 0 Å². The first-order chi connectivity index (χ1) is 13.8. The summed E-state index contributed by atoms with van der Waals surface area (Å²) >= 11 is 0. The van der Waals surface area contributed by atoms with E-state index in [1.165, 1.54) is 37.9 Å². The predicted molar refractivity (Wildman–Crippen MR) is 104 cm³/mol. The number of anilines is 1.